The number of hydrogen-bond donors (Lipinski definition) is 2. The Morgan fingerprint density at radius 2 is 1.94 bits per heavy atom. The molecular weight excluding hydrogens is 515 g/mol. The lowest BCUT2D eigenvalue weighted by atomic mass is 10.1. The van der Waals surface area contributed by atoms with Crippen molar-refractivity contribution in [3.8, 4) is 0 Å². The van der Waals surface area contributed by atoms with Gasteiger partial charge in [0.25, 0.3) is 29.0 Å². The van der Waals surface area contributed by atoms with Gasteiger partial charge in [0.1, 0.15) is 12.3 Å². The summed E-state index contributed by atoms with van der Waals surface area (Å²) in [4.78, 5) is 67.9. The summed E-state index contributed by atoms with van der Waals surface area (Å²) in [6, 6.07) is -0.772. The van der Waals surface area contributed by atoms with E-state index < -0.39 is 59.7 Å². The van der Waals surface area contributed by atoms with Crippen LogP contribution in [0.2, 0.25) is 0 Å². The van der Waals surface area contributed by atoms with Crippen molar-refractivity contribution < 1.29 is 51.2 Å². The number of aryl methyl sites for hydroxylation is 1. The maximum Gasteiger partial charge on any atom is 0.330 e. The first-order valence-corrected chi connectivity index (χ1v) is 13.1. The van der Waals surface area contributed by atoms with Crippen molar-refractivity contribution in [2.45, 2.75) is 31.7 Å². The molecule has 0 amide bonds. The van der Waals surface area contributed by atoms with Gasteiger partial charge in [-0.25, -0.2) is 18.1 Å². The van der Waals surface area contributed by atoms with E-state index in [1.165, 1.54) is 30.2 Å². The van der Waals surface area contributed by atoms with Crippen molar-refractivity contribution in [2.24, 2.45) is 0 Å². The molecule has 1 aliphatic rings. The second-order valence-corrected chi connectivity index (χ2v) is 10.9. The van der Waals surface area contributed by atoms with Crippen molar-refractivity contribution in [2.75, 3.05) is 6.61 Å². The summed E-state index contributed by atoms with van der Waals surface area (Å²) in [5.41, 5.74) is -1.22. The van der Waals surface area contributed by atoms with E-state index in [0.29, 0.717) is 0 Å². The molecule has 2 aromatic heterocycles. The molecule has 33 heavy (non-hydrogen) atoms. The molecule has 2 N–H and O–H groups in total. The van der Waals surface area contributed by atoms with Gasteiger partial charge < -0.3 is 28.8 Å². The number of phosphoric ester groups is 1. The number of nitrogens with one attached hydrogen (secondary N) is 1. The van der Waals surface area contributed by atoms with E-state index >= 15 is 0 Å². The monoisotopic (exact) mass is 530 g/mol. The zero-order chi connectivity index (χ0) is 24.6. The first kappa shape index (κ1) is 25.8. The predicted molar refractivity (Wildman–Crippen MR) is 96.8 cm³/mol. The van der Waals surface area contributed by atoms with Gasteiger partial charge in [0, 0.05) is 24.4 Å². The number of H-pyrrole nitrogens is 1. The van der Waals surface area contributed by atoms with Crippen LogP contribution in [0.1, 0.15) is 24.3 Å². The minimum Gasteiger partial charge on any atom is -0.756 e. The molecule has 1 aliphatic heterocycles. The lowest BCUT2D eigenvalue weighted by Gasteiger charge is -2.33. The second-order valence-electron chi connectivity index (χ2n) is 6.62. The third-order valence-electron chi connectivity index (χ3n) is 4.24. The molecule has 2 aromatic rings. The van der Waals surface area contributed by atoms with Crippen molar-refractivity contribution in [1.29, 1.82) is 0 Å². The van der Waals surface area contributed by atoms with Crippen LogP contribution in [0.25, 0.3) is 0 Å². The molecule has 3 unspecified atom stereocenters. The normalized spacial score (nSPS) is 26.4. The molecule has 18 nitrogen and oxygen atoms in total. The molecule has 3 heterocycles. The minimum atomic E-state index is -6.06. The molecule has 1 saturated heterocycles. The van der Waals surface area contributed by atoms with Crippen molar-refractivity contribution in [1.82, 2.24) is 24.5 Å². The standard InChI is InChI=1S/C12H18N5O13P3/c1-7-5-16(12(19)14-11(7)18)10-4-8(17-3-2-13-15-17)9(28-10)6-27-32(23,24)30-33(25,26)29-31(20,21)22/h2-3,5,8-10H,4,6H2,1H3,(H,23,24)(H,25,26)(H,14,18,19)(H2,20,21,22)/p-3/t8-,9+,10+/m0/s1. The van der Waals surface area contributed by atoms with Gasteiger partial charge in [0.15, 0.2) is 0 Å². The van der Waals surface area contributed by atoms with Crippen molar-refractivity contribution >= 4 is 23.5 Å². The summed E-state index contributed by atoms with van der Waals surface area (Å²) in [5, 5.41) is 7.39. The largest absolute Gasteiger partial charge is 0.756 e. The van der Waals surface area contributed by atoms with Crippen molar-refractivity contribution in [3.05, 3.63) is 45.0 Å². The van der Waals surface area contributed by atoms with E-state index in [4.69, 9.17) is 9.63 Å². The Morgan fingerprint density at radius 1 is 1.24 bits per heavy atom. The molecule has 184 valence electrons. The van der Waals surface area contributed by atoms with E-state index in [9.17, 15) is 38.0 Å². The molecule has 0 bridgehead atoms. The highest BCUT2D eigenvalue weighted by atomic mass is 31.3. The summed E-state index contributed by atoms with van der Waals surface area (Å²) in [5.74, 6) is 0. The summed E-state index contributed by atoms with van der Waals surface area (Å²) in [7, 11) is -17.7. The van der Waals surface area contributed by atoms with Crippen LogP contribution in [0.4, 0.5) is 0 Å². The lowest BCUT2D eigenvalue weighted by Crippen LogP contribution is -2.33. The fourth-order valence-corrected chi connectivity index (χ4v) is 5.86. The van der Waals surface area contributed by atoms with Gasteiger partial charge in [-0.1, -0.05) is 5.21 Å². The number of hydrogen-bond acceptors (Lipinski definition) is 14. The molecule has 0 aromatic carbocycles. The van der Waals surface area contributed by atoms with Crippen LogP contribution < -0.4 is 25.9 Å². The average Bonchev–Trinajstić information content (AvgIpc) is 3.29. The summed E-state index contributed by atoms with van der Waals surface area (Å²) >= 11 is 0. The van der Waals surface area contributed by atoms with Crippen molar-refractivity contribution in [3.63, 3.8) is 0 Å². The molecule has 3 rings (SSSR count). The molecule has 1 fully saturated rings. The zero-order valence-corrected chi connectivity index (χ0v) is 19.0. The number of phosphoric acid groups is 3. The lowest BCUT2D eigenvalue weighted by molar-refractivity contribution is -0.250. The molecular formula is C12H15N5O13P3-3. The van der Waals surface area contributed by atoms with Gasteiger partial charge >= 0.3 is 5.69 Å². The molecule has 0 spiro atoms. The quantitative estimate of drug-likeness (QED) is 0.315. The summed E-state index contributed by atoms with van der Waals surface area (Å²) < 4.78 is 52.9. The number of nitrogens with zero attached hydrogens (tertiary/aromatic N) is 4. The minimum absolute atomic E-state index is 0.0276. The van der Waals surface area contributed by atoms with Crippen LogP contribution >= 0.6 is 23.5 Å². The fourth-order valence-electron chi connectivity index (χ4n) is 2.96. The number of aromatic amines is 1. The maximum atomic E-state index is 12.2. The van der Waals surface area contributed by atoms with Crippen LogP contribution in [0, 0.1) is 6.92 Å². The van der Waals surface area contributed by atoms with Crippen LogP contribution in [0.5, 0.6) is 0 Å². The summed E-state index contributed by atoms with van der Waals surface area (Å²) in [6.07, 6.45) is 1.79. The highest BCUT2D eigenvalue weighted by Crippen LogP contribution is 2.61. The predicted octanol–water partition coefficient (Wildman–Crippen LogP) is -2.59. The van der Waals surface area contributed by atoms with Gasteiger partial charge in [-0.15, -0.1) is 5.10 Å². The number of aromatic nitrogens is 5. The summed E-state index contributed by atoms with van der Waals surface area (Å²) in [6.45, 7) is 0.577. The fraction of sp³-hybridized carbons (Fsp3) is 0.500. The van der Waals surface area contributed by atoms with Gasteiger partial charge in [0.2, 0.25) is 0 Å². The Kier molecular flexibility index (Phi) is 7.39. The van der Waals surface area contributed by atoms with Gasteiger partial charge in [-0.05, 0) is 6.92 Å². The van der Waals surface area contributed by atoms with Crippen LogP contribution in [0.3, 0.4) is 0 Å². The number of ether oxygens (including phenoxy) is 1. The Hall–Kier alpha value is -1.81. The SMILES string of the molecule is Cc1cn([C@H]2C[C@H](n3ccnn3)[C@@H](COP(=O)([O-])OP(=O)([O-])OP(=O)([O-])O)O2)c(=O)[nH]c1=O. The zero-order valence-electron chi connectivity index (χ0n) is 16.4. The van der Waals surface area contributed by atoms with E-state index in [0.717, 1.165) is 4.57 Å². The van der Waals surface area contributed by atoms with Crippen LogP contribution in [0.15, 0.2) is 28.2 Å². The van der Waals surface area contributed by atoms with Gasteiger partial charge in [0.05, 0.1) is 18.8 Å². The van der Waals surface area contributed by atoms with Gasteiger partial charge in [-0.2, -0.15) is 0 Å². The maximum absolute atomic E-state index is 12.2. The third kappa shape index (κ3) is 6.85. The van der Waals surface area contributed by atoms with Crippen LogP contribution in [-0.2, 0) is 31.6 Å². The van der Waals surface area contributed by atoms with E-state index in [1.807, 2.05) is 0 Å². The Labute approximate surface area is 183 Å². The highest BCUT2D eigenvalue weighted by Gasteiger charge is 2.39. The molecule has 0 radical (unpaired) electrons. The van der Waals surface area contributed by atoms with E-state index in [-0.39, 0.29) is 12.0 Å². The van der Waals surface area contributed by atoms with E-state index in [1.54, 1.807) is 0 Å². The van der Waals surface area contributed by atoms with Crippen LogP contribution in [-0.4, -0.2) is 42.1 Å². The molecule has 21 heteroatoms. The Morgan fingerprint density at radius 3 is 2.55 bits per heavy atom. The smallest absolute Gasteiger partial charge is 0.330 e. The Bertz CT molecular complexity index is 1250. The first-order chi connectivity index (χ1) is 15.2. The third-order valence-corrected chi connectivity index (χ3v) is 7.93. The topological polar surface area (TPSA) is 263 Å². The second kappa shape index (κ2) is 9.44. The van der Waals surface area contributed by atoms with E-state index in [2.05, 4.69) is 28.4 Å². The average molecular weight is 530 g/mol. The van der Waals surface area contributed by atoms with Gasteiger partial charge in [-0.3, -0.25) is 28.0 Å². The Balaban J connectivity index is 1.78. The number of rotatable bonds is 9. The molecule has 0 aliphatic carbocycles. The first-order valence-electron chi connectivity index (χ1n) is 8.72. The molecule has 0 saturated carbocycles. The molecule has 6 atom stereocenters. The highest BCUT2D eigenvalue weighted by molar-refractivity contribution is 7.65.